The lowest BCUT2D eigenvalue weighted by Gasteiger charge is -2.14. The highest BCUT2D eigenvalue weighted by Crippen LogP contribution is 2.28. The zero-order valence-corrected chi connectivity index (χ0v) is 13.9. The molecule has 0 spiro atoms. The van der Waals surface area contributed by atoms with E-state index < -0.39 is 0 Å². The Morgan fingerprint density at radius 2 is 2.00 bits per heavy atom. The summed E-state index contributed by atoms with van der Waals surface area (Å²) in [5.41, 5.74) is 1.13. The molecule has 0 atom stereocenters. The number of nitrogens with one attached hydrogen (secondary N) is 1. The SMILES string of the molecule is COc1cc(CNCCOc2ccccn2)ccc1OC(C)C. The van der Waals surface area contributed by atoms with Gasteiger partial charge in [-0.2, -0.15) is 0 Å². The molecule has 1 aromatic heterocycles. The zero-order valence-electron chi connectivity index (χ0n) is 13.9. The number of hydrogen-bond donors (Lipinski definition) is 1. The van der Waals surface area contributed by atoms with Crippen molar-refractivity contribution in [2.24, 2.45) is 0 Å². The largest absolute Gasteiger partial charge is 0.493 e. The van der Waals surface area contributed by atoms with Gasteiger partial charge in [-0.3, -0.25) is 0 Å². The first kappa shape index (κ1) is 17.1. The Bertz CT molecular complexity index is 588. The van der Waals surface area contributed by atoms with Crippen LogP contribution in [0.25, 0.3) is 0 Å². The average molecular weight is 316 g/mol. The third-order valence-electron chi connectivity index (χ3n) is 3.09. The normalized spacial score (nSPS) is 10.6. The van der Waals surface area contributed by atoms with Crippen molar-refractivity contribution < 1.29 is 14.2 Å². The van der Waals surface area contributed by atoms with Crippen LogP contribution in [0.3, 0.4) is 0 Å². The lowest BCUT2D eigenvalue weighted by molar-refractivity contribution is 0.230. The minimum atomic E-state index is 0.122. The van der Waals surface area contributed by atoms with Crippen LogP contribution in [0, 0.1) is 0 Å². The standard InChI is InChI=1S/C18H24N2O3/c1-14(2)23-16-8-7-15(12-17(16)21-3)13-19-10-11-22-18-6-4-5-9-20-18/h4-9,12,14,19H,10-11,13H2,1-3H3. The Hall–Kier alpha value is -2.27. The number of hydrogen-bond acceptors (Lipinski definition) is 5. The van der Waals surface area contributed by atoms with E-state index in [1.807, 2.05) is 50.2 Å². The van der Waals surface area contributed by atoms with Crippen LogP contribution in [0.1, 0.15) is 19.4 Å². The second kappa shape index (κ2) is 9.00. The third kappa shape index (κ3) is 5.79. The Kier molecular flexibility index (Phi) is 6.69. The molecule has 1 heterocycles. The van der Waals surface area contributed by atoms with Gasteiger partial charge in [0.2, 0.25) is 5.88 Å². The van der Waals surface area contributed by atoms with Gasteiger partial charge in [0, 0.05) is 25.4 Å². The predicted molar refractivity (Wildman–Crippen MR) is 90.2 cm³/mol. The number of nitrogens with zero attached hydrogens (tertiary/aromatic N) is 1. The number of methoxy groups -OCH3 is 1. The van der Waals surface area contributed by atoms with Crippen LogP contribution < -0.4 is 19.5 Å². The van der Waals surface area contributed by atoms with E-state index in [1.54, 1.807) is 13.3 Å². The highest BCUT2D eigenvalue weighted by atomic mass is 16.5. The molecule has 0 aliphatic heterocycles. The van der Waals surface area contributed by atoms with Gasteiger partial charge in [-0.25, -0.2) is 4.98 Å². The van der Waals surface area contributed by atoms with Gasteiger partial charge in [-0.05, 0) is 37.6 Å². The molecule has 0 fully saturated rings. The monoisotopic (exact) mass is 316 g/mol. The first-order chi connectivity index (χ1) is 11.2. The number of benzene rings is 1. The fourth-order valence-corrected chi connectivity index (χ4v) is 2.07. The van der Waals surface area contributed by atoms with E-state index in [4.69, 9.17) is 14.2 Å². The first-order valence-electron chi connectivity index (χ1n) is 7.77. The predicted octanol–water partition coefficient (Wildman–Crippen LogP) is 3.05. The van der Waals surface area contributed by atoms with Gasteiger partial charge in [0.25, 0.3) is 0 Å². The molecule has 0 aliphatic rings. The molecule has 0 saturated heterocycles. The number of pyridine rings is 1. The summed E-state index contributed by atoms with van der Waals surface area (Å²) in [6.07, 6.45) is 1.84. The summed E-state index contributed by atoms with van der Waals surface area (Å²) in [5, 5.41) is 3.33. The van der Waals surface area contributed by atoms with Crippen molar-refractivity contribution in [3.8, 4) is 17.4 Å². The summed E-state index contributed by atoms with van der Waals surface area (Å²) < 4.78 is 16.6. The smallest absolute Gasteiger partial charge is 0.213 e. The summed E-state index contributed by atoms with van der Waals surface area (Å²) in [6, 6.07) is 11.6. The average Bonchev–Trinajstić information content (AvgIpc) is 2.56. The summed E-state index contributed by atoms with van der Waals surface area (Å²) in [7, 11) is 1.65. The van der Waals surface area contributed by atoms with Gasteiger partial charge >= 0.3 is 0 Å². The minimum absolute atomic E-state index is 0.122. The Morgan fingerprint density at radius 3 is 2.70 bits per heavy atom. The van der Waals surface area contributed by atoms with Gasteiger partial charge in [0.15, 0.2) is 11.5 Å². The van der Waals surface area contributed by atoms with Crippen molar-refractivity contribution in [2.45, 2.75) is 26.5 Å². The quantitative estimate of drug-likeness (QED) is 0.721. The molecule has 5 heteroatoms. The van der Waals surface area contributed by atoms with E-state index in [0.29, 0.717) is 12.5 Å². The highest BCUT2D eigenvalue weighted by Gasteiger charge is 2.07. The molecule has 2 rings (SSSR count). The van der Waals surface area contributed by atoms with Crippen LogP contribution >= 0.6 is 0 Å². The van der Waals surface area contributed by atoms with Crippen molar-refractivity contribution in [2.75, 3.05) is 20.3 Å². The lowest BCUT2D eigenvalue weighted by Crippen LogP contribution is -2.20. The Balaban J connectivity index is 1.77. The molecule has 1 aromatic carbocycles. The minimum Gasteiger partial charge on any atom is -0.493 e. The van der Waals surface area contributed by atoms with E-state index in [2.05, 4.69) is 10.3 Å². The van der Waals surface area contributed by atoms with Crippen LogP contribution in [-0.4, -0.2) is 31.3 Å². The molecule has 0 amide bonds. The summed E-state index contributed by atoms with van der Waals surface area (Å²) in [4.78, 5) is 4.11. The molecule has 124 valence electrons. The molecule has 0 saturated carbocycles. The second-order valence-corrected chi connectivity index (χ2v) is 5.35. The maximum atomic E-state index is 5.71. The van der Waals surface area contributed by atoms with E-state index in [-0.39, 0.29) is 6.10 Å². The topological polar surface area (TPSA) is 52.6 Å². The molecular weight excluding hydrogens is 292 g/mol. The van der Waals surface area contributed by atoms with Crippen molar-refractivity contribution in [3.05, 3.63) is 48.2 Å². The maximum absolute atomic E-state index is 5.71. The highest BCUT2D eigenvalue weighted by molar-refractivity contribution is 5.43. The van der Waals surface area contributed by atoms with Crippen LogP contribution in [0.5, 0.6) is 17.4 Å². The van der Waals surface area contributed by atoms with Gasteiger partial charge in [-0.1, -0.05) is 12.1 Å². The van der Waals surface area contributed by atoms with Gasteiger partial charge in [0.1, 0.15) is 6.61 Å². The molecule has 0 radical (unpaired) electrons. The Morgan fingerprint density at radius 1 is 1.13 bits per heavy atom. The molecular formula is C18H24N2O3. The Labute approximate surface area is 137 Å². The van der Waals surface area contributed by atoms with Crippen LogP contribution in [0.15, 0.2) is 42.6 Å². The molecule has 0 unspecified atom stereocenters. The summed E-state index contributed by atoms with van der Waals surface area (Å²) >= 11 is 0. The van der Waals surface area contributed by atoms with Crippen LogP contribution in [0.4, 0.5) is 0 Å². The van der Waals surface area contributed by atoms with E-state index >= 15 is 0 Å². The van der Waals surface area contributed by atoms with Crippen molar-refractivity contribution in [1.82, 2.24) is 10.3 Å². The zero-order chi connectivity index (χ0) is 16.5. The third-order valence-corrected chi connectivity index (χ3v) is 3.09. The molecule has 0 aliphatic carbocycles. The molecule has 0 bridgehead atoms. The molecule has 1 N–H and O–H groups in total. The van der Waals surface area contributed by atoms with Crippen molar-refractivity contribution in [3.63, 3.8) is 0 Å². The van der Waals surface area contributed by atoms with E-state index in [9.17, 15) is 0 Å². The molecule has 5 nitrogen and oxygen atoms in total. The fraction of sp³-hybridized carbons (Fsp3) is 0.389. The molecule has 2 aromatic rings. The van der Waals surface area contributed by atoms with Crippen LogP contribution in [-0.2, 0) is 6.54 Å². The number of aromatic nitrogens is 1. The van der Waals surface area contributed by atoms with Gasteiger partial charge in [-0.15, -0.1) is 0 Å². The second-order valence-electron chi connectivity index (χ2n) is 5.35. The fourth-order valence-electron chi connectivity index (χ4n) is 2.07. The van der Waals surface area contributed by atoms with Crippen LogP contribution in [0.2, 0.25) is 0 Å². The number of ether oxygens (including phenoxy) is 3. The van der Waals surface area contributed by atoms with Crippen molar-refractivity contribution >= 4 is 0 Å². The van der Waals surface area contributed by atoms with Crippen molar-refractivity contribution in [1.29, 1.82) is 0 Å². The van der Waals surface area contributed by atoms with E-state index in [0.717, 1.165) is 30.2 Å². The van der Waals surface area contributed by atoms with E-state index in [1.165, 1.54) is 0 Å². The lowest BCUT2D eigenvalue weighted by atomic mass is 10.2. The molecule has 23 heavy (non-hydrogen) atoms. The summed E-state index contributed by atoms with van der Waals surface area (Å²) in [6.45, 7) is 6.04. The number of rotatable bonds is 9. The summed E-state index contributed by atoms with van der Waals surface area (Å²) in [5.74, 6) is 2.17. The maximum Gasteiger partial charge on any atom is 0.213 e. The first-order valence-corrected chi connectivity index (χ1v) is 7.77. The van der Waals surface area contributed by atoms with Gasteiger partial charge in [0.05, 0.1) is 13.2 Å². The van der Waals surface area contributed by atoms with Gasteiger partial charge < -0.3 is 19.5 Å².